The Hall–Kier alpha value is -1.35. The molecule has 0 spiro atoms. The molecule has 0 aliphatic carbocycles. The maximum Gasteiger partial charge on any atom is 0.126 e. The van der Waals surface area contributed by atoms with Crippen molar-refractivity contribution in [3.63, 3.8) is 0 Å². The number of hydrogen-bond donors (Lipinski definition) is 2. The predicted octanol–water partition coefficient (Wildman–Crippen LogP) is 2.28. The smallest absolute Gasteiger partial charge is 0.126 e. The molecule has 3 nitrogen and oxygen atoms in total. The fourth-order valence-electron chi connectivity index (χ4n) is 1.95. The van der Waals surface area contributed by atoms with Gasteiger partial charge in [0, 0.05) is 12.2 Å². The lowest BCUT2D eigenvalue weighted by Gasteiger charge is -2.24. The van der Waals surface area contributed by atoms with E-state index >= 15 is 0 Å². The Balaban J connectivity index is 2.02. The highest BCUT2D eigenvalue weighted by Gasteiger charge is 2.12. The van der Waals surface area contributed by atoms with Crippen molar-refractivity contribution in [2.75, 3.05) is 18.4 Å². The average Bonchev–Trinajstić information content (AvgIpc) is 2.30. The Bertz CT molecular complexity index is 367. The molecule has 0 unspecified atom stereocenters. The van der Waals surface area contributed by atoms with Crippen LogP contribution in [0.15, 0.2) is 24.9 Å². The Morgan fingerprint density at radius 3 is 2.94 bits per heavy atom. The first-order valence-electron chi connectivity index (χ1n) is 5.85. The lowest BCUT2D eigenvalue weighted by molar-refractivity contribution is 0.478. The fraction of sp³-hybridized carbons (Fsp3) is 0.462. The number of aromatic nitrogens is 1. The van der Waals surface area contributed by atoms with Crippen molar-refractivity contribution in [2.24, 2.45) is 0 Å². The van der Waals surface area contributed by atoms with Crippen molar-refractivity contribution in [1.82, 2.24) is 10.3 Å². The minimum absolute atomic E-state index is 0.550. The molecule has 3 heteroatoms. The van der Waals surface area contributed by atoms with Crippen LogP contribution >= 0.6 is 0 Å². The molecule has 0 saturated carbocycles. The third kappa shape index (κ3) is 2.83. The molecular weight excluding hydrogens is 198 g/mol. The number of anilines is 1. The molecule has 1 fully saturated rings. The number of pyridine rings is 1. The number of piperidine rings is 1. The number of allylic oxidation sites excluding steroid dienone is 1. The summed E-state index contributed by atoms with van der Waals surface area (Å²) in [7, 11) is 0. The zero-order valence-corrected chi connectivity index (χ0v) is 9.79. The largest absolute Gasteiger partial charge is 0.367 e. The molecule has 1 saturated heterocycles. The standard InChI is InChI=1S/C13H19N3/c1-10(2)11-3-8-15-13(9-11)16-12-4-6-14-7-5-12/h3,8-9,12,14H,1,4-7H2,2H3,(H,15,16). The Kier molecular flexibility index (Phi) is 3.57. The predicted molar refractivity (Wildman–Crippen MR) is 68.5 cm³/mol. The first-order chi connectivity index (χ1) is 7.75. The van der Waals surface area contributed by atoms with Gasteiger partial charge in [-0.25, -0.2) is 4.98 Å². The molecule has 1 aromatic heterocycles. The van der Waals surface area contributed by atoms with Crippen LogP contribution in [0.4, 0.5) is 5.82 Å². The van der Waals surface area contributed by atoms with Gasteiger partial charge in [-0.15, -0.1) is 0 Å². The van der Waals surface area contributed by atoms with Crippen molar-refractivity contribution in [1.29, 1.82) is 0 Å². The second kappa shape index (κ2) is 5.12. The zero-order valence-electron chi connectivity index (χ0n) is 9.79. The zero-order chi connectivity index (χ0) is 11.4. The summed E-state index contributed by atoms with van der Waals surface area (Å²) in [6.07, 6.45) is 4.17. The fourth-order valence-corrected chi connectivity index (χ4v) is 1.95. The Morgan fingerprint density at radius 1 is 1.50 bits per heavy atom. The van der Waals surface area contributed by atoms with Gasteiger partial charge in [-0.2, -0.15) is 0 Å². The van der Waals surface area contributed by atoms with Crippen LogP contribution in [0.25, 0.3) is 5.57 Å². The van der Waals surface area contributed by atoms with Crippen LogP contribution in [0.1, 0.15) is 25.3 Å². The van der Waals surface area contributed by atoms with Gasteiger partial charge in [0.1, 0.15) is 5.82 Å². The van der Waals surface area contributed by atoms with Crippen LogP contribution in [0.2, 0.25) is 0 Å². The van der Waals surface area contributed by atoms with Crippen LogP contribution in [0.3, 0.4) is 0 Å². The summed E-state index contributed by atoms with van der Waals surface area (Å²) in [5.74, 6) is 0.965. The van der Waals surface area contributed by atoms with Gasteiger partial charge < -0.3 is 10.6 Å². The topological polar surface area (TPSA) is 37.0 Å². The highest BCUT2D eigenvalue weighted by Crippen LogP contribution is 2.16. The van der Waals surface area contributed by atoms with Crippen molar-refractivity contribution in [3.8, 4) is 0 Å². The molecule has 2 heterocycles. The summed E-state index contributed by atoms with van der Waals surface area (Å²) in [6.45, 7) is 8.16. The minimum atomic E-state index is 0.550. The first-order valence-corrected chi connectivity index (χ1v) is 5.85. The Morgan fingerprint density at radius 2 is 2.25 bits per heavy atom. The average molecular weight is 217 g/mol. The quantitative estimate of drug-likeness (QED) is 0.815. The normalized spacial score (nSPS) is 17.1. The van der Waals surface area contributed by atoms with E-state index in [-0.39, 0.29) is 0 Å². The van der Waals surface area contributed by atoms with Crippen molar-refractivity contribution >= 4 is 11.4 Å². The summed E-state index contributed by atoms with van der Waals surface area (Å²) in [4.78, 5) is 4.34. The third-order valence-corrected chi connectivity index (χ3v) is 2.94. The molecule has 86 valence electrons. The highest BCUT2D eigenvalue weighted by atomic mass is 15.0. The van der Waals surface area contributed by atoms with Crippen LogP contribution < -0.4 is 10.6 Å². The molecule has 1 aromatic rings. The van der Waals surface area contributed by atoms with Gasteiger partial charge in [0.2, 0.25) is 0 Å². The molecule has 1 aliphatic rings. The van der Waals surface area contributed by atoms with Gasteiger partial charge in [0.05, 0.1) is 0 Å². The second-order valence-corrected chi connectivity index (χ2v) is 4.38. The summed E-state index contributed by atoms with van der Waals surface area (Å²) in [6, 6.07) is 4.62. The van der Waals surface area contributed by atoms with Gasteiger partial charge >= 0.3 is 0 Å². The lowest BCUT2D eigenvalue weighted by atomic mass is 10.1. The van der Waals surface area contributed by atoms with Crippen LogP contribution in [-0.2, 0) is 0 Å². The van der Waals surface area contributed by atoms with Gasteiger partial charge in [0.15, 0.2) is 0 Å². The van der Waals surface area contributed by atoms with E-state index in [4.69, 9.17) is 0 Å². The molecule has 2 N–H and O–H groups in total. The van der Waals surface area contributed by atoms with E-state index in [0.29, 0.717) is 6.04 Å². The first kappa shape index (κ1) is 11.1. The maximum absolute atomic E-state index is 4.34. The van der Waals surface area contributed by atoms with Crippen molar-refractivity contribution in [2.45, 2.75) is 25.8 Å². The SMILES string of the molecule is C=C(C)c1ccnc(NC2CCNCC2)c1. The second-order valence-electron chi connectivity index (χ2n) is 4.38. The molecular formula is C13H19N3. The van der Waals surface area contributed by atoms with E-state index in [1.165, 1.54) is 12.8 Å². The highest BCUT2D eigenvalue weighted by molar-refractivity contribution is 5.63. The summed E-state index contributed by atoms with van der Waals surface area (Å²) >= 11 is 0. The molecule has 0 atom stereocenters. The molecule has 0 radical (unpaired) electrons. The lowest BCUT2D eigenvalue weighted by Crippen LogP contribution is -2.35. The molecule has 1 aliphatic heterocycles. The van der Waals surface area contributed by atoms with E-state index in [9.17, 15) is 0 Å². The monoisotopic (exact) mass is 217 g/mol. The van der Waals surface area contributed by atoms with Crippen LogP contribution in [0, 0.1) is 0 Å². The summed E-state index contributed by atoms with van der Waals surface area (Å²) in [5.41, 5.74) is 2.24. The van der Waals surface area contributed by atoms with Crippen LogP contribution in [0.5, 0.6) is 0 Å². The van der Waals surface area contributed by atoms with E-state index in [0.717, 1.165) is 30.0 Å². The van der Waals surface area contributed by atoms with Gasteiger partial charge in [-0.1, -0.05) is 12.2 Å². The molecule has 0 bridgehead atoms. The van der Waals surface area contributed by atoms with Gasteiger partial charge in [0.25, 0.3) is 0 Å². The van der Waals surface area contributed by atoms with Gasteiger partial charge in [-0.3, -0.25) is 0 Å². The van der Waals surface area contributed by atoms with Gasteiger partial charge in [-0.05, 0) is 50.6 Å². The summed E-state index contributed by atoms with van der Waals surface area (Å²) < 4.78 is 0. The molecule has 0 aromatic carbocycles. The third-order valence-electron chi connectivity index (χ3n) is 2.94. The number of hydrogen-bond acceptors (Lipinski definition) is 3. The van der Waals surface area contributed by atoms with E-state index in [2.05, 4.69) is 28.3 Å². The van der Waals surface area contributed by atoms with E-state index in [1.54, 1.807) is 0 Å². The number of nitrogens with zero attached hydrogens (tertiary/aromatic N) is 1. The maximum atomic E-state index is 4.34. The minimum Gasteiger partial charge on any atom is -0.367 e. The van der Waals surface area contributed by atoms with E-state index in [1.807, 2.05) is 19.2 Å². The molecule has 0 amide bonds. The summed E-state index contributed by atoms with van der Waals surface area (Å²) in [5, 5.41) is 6.84. The Labute approximate surface area is 97.0 Å². The van der Waals surface area contributed by atoms with Crippen LogP contribution in [-0.4, -0.2) is 24.1 Å². The van der Waals surface area contributed by atoms with E-state index < -0.39 is 0 Å². The molecule has 16 heavy (non-hydrogen) atoms. The van der Waals surface area contributed by atoms with Crippen molar-refractivity contribution < 1.29 is 0 Å². The van der Waals surface area contributed by atoms with Crippen molar-refractivity contribution in [3.05, 3.63) is 30.5 Å². The molecule has 2 rings (SSSR count). The number of rotatable bonds is 3. The number of nitrogens with one attached hydrogen (secondary N) is 2.